The van der Waals surface area contributed by atoms with Gasteiger partial charge in [-0.2, -0.15) is 0 Å². The molecule has 0 bridgehead atoms. The molecule has 2 N–H and O–H groups in total. The second-order valence-corrected chi connectivity index (χ2v) is 6.55. The van der Waals surface area contributed by atoms with Crippen LogP contribution in [0.25, 0.3) is 0 Å². The molecule has 0 aromatic heterocycles. The van der Waals surface area contributed by atoms with Crippen LogP contribution in [0, 0.1) is 5.82 Å². The normalized spacial score (nSPS) is 14.3. The number of rotatable bonds is 7. The highest BCUT2D eigenvalue weighted by atomic mass is 19.1. The Bertz CT molecular complexity index is 852. The van der Waals surface area contributed by atoms with Crippen LogP contribution in [0.3, 0.4) is 0 Å². The predicted octanol–water partition coefficient (Wildman–Crippen LogP) is 2.15. The molecule has 1 aliphatic heterocycles. The lowest BCUT2D eigenvalue weighted by atomic mass is 10.1. The molecule has 2 aromatic rings. The van der Waals surface area contributed by atoms with Crippen molar-refractivity contribution in [2.45, 2.75) is 0 Å². The van der Waals surface area contributed by atoms with Gasteiger partial charge in [0.05, 0.1) is 31.6 Å². The first-order chi connectivity index (χ1) is 14.1. The average molecular weight is 401 g/mol. The van der Waals surface area contributed by atoms with Crippen LogP contribution in [-0.4, -0.2) is 63.2 Å². The van der Waals surface area contributed by atoms with Crippen molar-refractivity contribution in [2.24, 2.45) is 0 Å². The fraction of sp³-hybridized carbons (Fsp3) is 0.333. The summed E-state index contributed by atoms with van der Waals surface area (Å²) in [6, 6.07) is 10.1. The topological polar surface area (TPSA) is 79.9 Å². The second-order valence-electron chi connectivity index (χ2n) is 6.55. The van der Waals surface area contributed by atoms with Crippen LogP contribution in [0.4, 0.5) is 10.1 Å². The minimum absolute atomic E-state index is 0.271. The van der Waals surface area contributed by atoms with Gasteiger partial charge in [0.2, 0.25) is 0 Å². The van der Waals surface area contributed by atoms with E-state index in [1.165, 1.54) is 31.4 Å². The van der Waals surface area contributed by atoms with Crippen LogP contribution in [0.1, 0.15) is 20.7 Å². The fourth-order valence-corrected chi connectivity index (χ4v) is 3.05. The molecule has 0 aliphatic carbocycles. The SMILES string of the molecule is COc1cccc(C(=O)NCCN2CCOCC2)c1NC(=O)c1ccc(F)cc1. The van der Waals surface area contributed by atoms with Crippen molar-refractivity contribution in [1.82, 2.24) is 10.2 Å². The standard InChI is InChI=1S/C21H24FN3O4/c1-28-18-4-2-3-17(21(27)23-9-10-25-11-13-29-14-12-25)19(18)24-20(26)15-5-7-16(22)8-6-15/h2-8H,9-14H2,1H3,(H,23,27)(H,24,26). The number of methoxy groups -OCH3 is 1. The number of benzene rings is 2. The van der Waals surface area contributed by atoms with E-state index in [2.05, 4.69) is 15.5 Å². The van der Waals surface area contributed by atoms with Gasteiger partial charge < -0.3 is 20.1 Å². The van der Waals surface area contributed by atoms with Crippen molar-refractivity contribution in [3.63, 3.8) is 0 Å². The van der Waals surface area contributed by atoms with Gasteiger partial charge in [-0.3, -0.25) is 14.5 Å². The molecule has 0 radical (unpaired) electrons. The number of anilines is 1. The number of amides is 2. The summed E-state index contributed by atoms with van der Waals surface area (Å²) < 4.78 is 23.7. The number of carbonyl (C=O) groups excluding carboxylic acids is 2. The Kier molecular flexibility index (Phi) is 7.15. The van der Waals surface area contributed by atoms with Gasteiger partial charge in [0, 0.05) is 31.7 Å². The van der Waals surface area contributed by atoms with E-state index < -0.39 is 11.7 Å². The number of morpholine rings is 1. The summed E-state index contributed by atoms with van der Waals surface area (Å²) in [4.78, 5) is 27.5. The zero-order valence-corrected chi connectivity index (χ0v) is 16.2. The number of nitrogens with zero attached hydrogens (tertiary/aromatic N) is 1. The lowest BCUT2D eigenvalue weighted by molar-refractivity contribution is 0.0383. The monoisotopic (exact) mass is 401 g/mol. The van der Waals surface area contributed by atoms with Crippen molar-refractivity contribution in [3.8, 4) is 5.75 Å². The van der Waals surface area contributed by atoms with Gasteiger partial charge >= 0.3 is 0 Å². The number of para-hydroxylation sites is 1. The van der Waals surface area contributed by atoms with Crippen molar-refractivity contribution in [2.75, 3.05) is 51.8 Å². The lowest BCUT2D eigenvalue weighted by Gasteiger charge is -2.26. The second kappa shape index (κ2) is 9.99. The van der Waals surface area contributed by atoms with E-state index in [4.69, 9.17) is 9.47 Å². The Morgan fingerprint density at radius 1 is 1.10 bits per heavy atom. The smallest absolute Gasteiger partial charge is 0.255 e. The van der Waals surface area contributed by atoms with Crippen LogP contribution < -0.4 is 15.4 Å². The summed E-state index contributed by atoms with van der Waals surface area (Å²) in [5, 5.41) is 5.59. The highest BCUT2D eigenvalue weighted by molar-refractivity contribution is 6.10. The molecule has 154 valence electrons. The maximum atomic E-state index is 13.1. The highest BCUT2D eigenvalue weighted by Crippen LogP contribution is 2.29. The van der Waals surface area contributed by atoms with Gasteiger partial charge in [-0.15, -0.1) is 0 Å². The Morgan fingerprint density at radius 3 is 2.52 bits per heavy atom. The third-order valence-electron chi connectivity index (χ3n) is 4.65. The van der Waals surface area contributed by atoms with Crippen molar-refractivity contribution in [3.05, 3.63) is 59.4 Å². The van der Waals surface area contributed by atoms with E-state index in [1.54, 1.807) is 18.2 Å². The zero-order chi connectivity index (χ0) is 20.6. The van der Waals surface area contributed by atoms with Gasteiger partial charge in [-0.25, -0.2) is 4.39 Å². The molecule has 1 aliphatic rings. The molecule has 1 saturated heterocycles. The maximum Gasteiger partial charge on any atom is 0.255 e. The fourth-order valence-electron chi connectivity index (χ4n) is 3.05. The number of nitrogens with one attached hydrogen (secondary N) is 2. The molecular weight excluding hydrogens is 377 g/mol. The van der Waals surface area contributed by atoms with Gasteiger partial charge in [-0.1, -0.05) is 6.07 Å². The van der Waals surface area contributed by atoms with E-state index in [9.17, 15) is 14.0 Å². The molecular formula is C21H24FN3O4. The van der Waals surface area contributed by atoms with Crippen molar-refractivity contribution >= 4 is 17.5 Å². The Hall–Kier alpha value is -2.97. The summed E-state index contributed by atoms with van der Waals surface area (Å²) in [6.45, 7) is 4.27. The minimum atomic E-state index is -0.461. The van der Waals surface area contributed by atoms with Crippen molar-refractivity contribution < 1.29 is 23.5 Å². The lowest BCUT2D eigenvalue weighted by Crippen LogP contribution is -2.41. The average Bonchev–Trinajstić information content (AvgIpc) is 2.75. The largest absolute Gasteiger partial charge is 0.495 e. The molecule has 29 heavy (non-hydrogen) atoms. The Labute approximate surface area is 168 Å². The van der Waals surface area contributed by atoms with Crippen molar-refractivity contribution in [1.29, 1.82) is 0 Å². The van der Waals surface area contributed by atoms with Gasteiger partial charge in [0.1, 0.15) is 11.6 Å². The molecule has 0 spiro atoms. The number of hydrogen-bond acceptors (Lipinski definition) is 5. The Morgan fingerprint density at radius 2 is 1.83 bits per heavy atom. The molecule has 2 aromatic carbocycles. The van der Waals surface area contributed by atoms with Crippen LogP contribution in [-0.2, 0) is 4.74 Å². The zero-order valence-electron chi connectivity index (χ0n) is 16.2. The van der Waals surface area contributed by atoms with Gasteiger partial charge in [-0.05, 0) is 36.4 Å². The molecule has 0 saturated carbocycles. The van der Waals surface area contributed by atoms with Crippen LogP contribution >= 0.6 is 0 Å². The number of halogens is 1. The number of hydrogen-bond donors (Lipinski definition) is 2. The number of ether oxygens (including phenoxy) is 2. The van der Waals surface area contributed by atoms with E-state index in [0.717, 1.165) is 19.6 Å². The summed E-state index contributed by atoms with van der Waals surface area (Å²) in [5.41, 5.74) is 0.839. The van der Waals surface area contributed by atoms with E-state index in [1.807, 2.05) is 0 Å². The van der Waals surface area contributed by atoms with E-state index >= 15 is 0 Å². The van der Waals surface area contributed by atoms with E-state index in [0.29, 0.717) is 31.1 Å². The maximum absolute atomic E-state index is 13.1. The molecule has 7 nitrogen and oxygen atoms in total. The van der Waals surface area contributed by atoms with Gasteiger partial charge in [0.25, 0.3) is 11.8 Å². The minimum Gasteiger partial charge on any atom is -0.495 e. The molecule has 0 atom stereocenters. The molecule has 0 unspecified atom stereocenters. The van der Waals surface area contributed by atoms with Gasteiger partial charge in [0.15, 0.2) is 0 Å². The third-order valence-corrected chi connectivity index (χ3v) is 4.65. The molecule has 1 heterocycles. The molecule has 2 amide bonds. The van der Waals surface area contributed by atoms with Crippen LogP contribution in [0.2, 0.25) is 0 Å². The van der Waals surface area contributed by atoms with Crippen LogP contribution in [0.15, 0.2) is 42.5 Å². The number of carbonyl (C=O) groups is 2. The first-order valence-corrected chi connectivity index (χ1v) is 9.40. The summed E-state index contributed by atoms with van der Waals surface area (Å²) >= 11 is 0. The molecule has 1 fully saturated rings. The molecule has 8 heteroatoms. The predicted molar refractivity (Wildman–Crippen MR) is 107 cm³/mol. The quantitative estimate of drug-likeness (QED) is 0.743. The third kappa shape index (κ3) is 5.52. The van der Waals surface area contributed by atoms with Crippen LogP contribution in [0.5, 0.6) is 5.75 Å². The Balaban J connectivity index is 1.70. The molecule has 3 rings (SSSR count). The summed E-state index contributed by atoms with van der Waals surface area (Å²) in [6.07, 6.45) is 0. The first-order valence-electron chi connectivity index (χ1n) is 9.40. The summed E-state index contributed by atoms with van der Waals surface area (Å²) in [7, 11) is 1.46. The van der Waals surface area contributed by atoms with E-state index in [-0.39, 0.29) is 17.2 Å². The highest BCUT2D eigenvalue weighted by Gasteiger charge is 2.19. The summed E-state index contributed by atoms with van der Waals surface area (Å²) in [5.74, 6) is -0.844. The first kappa shape index (κ1) is 20.8.